The van der Waals surface area contributed by atoms with Crippen molar-refractivity contribution in [2.45, 2.75) is 4.90 Å². The summed E-state index contributed by atoms with van der Waals surface area (Å²) in [6.45, 7) is -0.343. The summed E-state index contributed by atoms with van der Waals surface area (Å²) in [5.41, 5.74) is 3.63. The first-order chi connectivity index (χ1) is 12.6. The first-order valence-electron chi connectivity index (χ1n) is 7.84. The van der Waals surface area contributed by atoms with Crippen LogP contribution in [0.5, 0.6) is 0 Å². The highest BCUT2D eigenvalue weighted by atomic mass is 32.2. The number of sulfonamides is 1. The third kappa shape index (κ3) is 2.70. The van der Waals surface area contributed by atoms with Crippen molar-refractivity contribution in [1.29, 1.82) is 0 Å². The monoisotopic (exact) mass is 366 g/mol. The number of nitrogens with zero attached hydrogens (tertiary/aromatic N) is 3. The molecule has 8 heteroatoms. The highest BCUT2D eigenvalue weighted by molar-refractivity contribution is 7.93. The van der Waals surface area contributed by atoms with Gasteiger partial charge in [-0.2, -0.15) is 5.10 Å². The Labute approximate surface area is 150 Å². The Morgan fingerprint density at radius 3 is 2.62 bits per heavy atom. The summed E-state index contributed by atoms with van der Waals surface area (Å²) >= 11 is 0. The second-order valence-electron chi connectivity index (χ2n) is 5.72. The summed E-state index contributed by atoms with van der Waals surface area (Å²) in [6.07, 6.45) is 4.68. The quantitative estimate of drug-likeness (QED) is 0.564. The number of anilines is 1. The molecule has 1 aromatic heterocycles. The molecule has 4 rings (SSSR count). The van der Waals surface area contributed by atoms with Crippen molar-refractivity contribution in [3.63, 3.8) is 0 Å². The average Bonchev–Trinajstić information content (AvgIpc) is 2.86. The van der Waals surface area contributed by atoms with Crippen molar-refractivity contribution in [3.8, 4) is 0 Å². The normalized spacial score (nSPS) is 14.8. The van der Waals surface area contributed by atoms with E-state index in [1.54, 1.807) is 48.8 Å². The first-order valence-corrected chi connectivity index (χ1v) is 9.28. The number of aromatic nitrogens is 1. The van der Waals surface area contributed by atoms with E-state index in [4.69, 9.17) is 0 Å². The maximum Gasteiger partial charge on any atom is 0.265 e. The number of carbonyl (C=O) groups excluding carboxylic acids is 1. The fourth-order valence-corrected chi connectivity index (χ4v) is 4.59. The van der Waals surface area contributed by atoms with Crippen LogP contribution in [0.3, 0.4) is 0 Å². The van der Waals surface area contributed by atoms with E-state index in [1.807, 2.05) is 12.1 Å². The summed E-state index contributed by atoms with van der Waals surface area (Å²) < 4.78 is 26.7. The predicted molar refractivity (Wildman–Crippen MR) is 98.5 cm³/mol. The number of benzene rings is 2. The van der Waals surface area contributed by atoms with E-state index in [0.717, 1.165) is 15.3 Å². The molecule has 1 N–H and O–H groups in total. The average molecular weight is 366 g/mol. The van der Waals surface area contributed by atoms with Gasteiger partial charge in [0, 0.05) is 17.8 Å². The van der Waals surface area contributed by atoms with Gasteiger partial charge < -0.3 is 0 Å². The zero-order valence-corrected chi connectivity index (χ0v) is 14.3. The first kappa shape index (κ1) is 16.2. The molecule has 130 valence electrons. The van der Waals surface area contributed by atoms with Crippen molar-refractivity contribution < 1.29 is 13.2 Å². The van der Waals surface area contributed by atoms with Crippen LogP contribution in [-0.2, 0) is 14.8 Å². The molecule has 0 unspecified atom stereocenters. The molecule has 1 aliphatic rings. The van der Waals surface area contributed by atoms with Gasteiger partial charge in [0.1, 0.15) is 6.54 Å². The van der Waals surface area contributed by atoms with Gasteiger partial charge in [-0.25, -0.2) is 13.8 Å². The maximum absolute atomic E-state index is 12.8. The summed E-state index contributed by atoms with van der Waals surface area (Å²) in [5, 5.41) is 5.32. The van der Waals surface area contributed by atoms with Gasteiger partial charge in [-0.15, -0.1) is 0 Å². The molecule has 1 amide bonds. The van der Waals surface area contributed by atoms with Crippen LogP contribution in [0, 0.1) is 0 Å². The fourth-order valence-electron chi connectivity index (χ4n) is 2.92. The van der Waals surface area contributed by atoms with Crippen molar-refractivity contribution in [2.75, 3.05) is 10.8 Å². The lowest BCUT2D eigenvalue weighted by molar-refractivity contribution is -0.119. The molecule has 2 heterocycles. The van der Waals surface area contributed by atoms with Gasteiger partial charge >= 0.3 is 0 Å². The lowest BCUT2D eigenvalue weighted by Gasteiger charge is -2.17. The van der Waals surface area contributed by atoms with Crippen LogP contribution in [0.4, 0.5) is 5.69 Å². The van der Waals surface area contributed by atoms with E-state index < -0.39 is 15.9 Å². The van der Waals surface area contributed by atoms with E-state index >= 15 is 0 Å². The molecule has 0 spiro atoms. The Bertz CT molecular complexity index is 1120. The molecule has 0 atom stereocenters. The number of carbonyl (C=O) groups is 1. The topological polar surface area (TPSA) is 91.7 Å². The third-order valence-corrected chi connectivity index (χ3v) is 5.88. The van der Waals surface area contributed by atoms with E-state index in [9.17, 15) is 13.2 Å². The van der Waals surface area contributed by atoms with E-state index in [1.165, 1.54) is 6.21 Å². The number of pyridine rings is 1. The largest absolute Gasteiger partial charge is 0.271 e. The van der Waals surface area contributed by atoms with Gasteiger partial charge in [0.05, 0.1) is 16.8 Å². The van der Waals surface area contributed by atoms with Gasteiger partial charge in [-0.05, 0) is 35.2 Å². The third-order valence-electron chi connectivity index (χ3n) is 4.08. The molecule has 3 aromatic rings. The number of rotatable bonds is 4. The molecule has 2 aromatic carbocycles. The van der Waals surface area contributed by atoms with Crippen molar-refractivity contribution in [1.82, 2.24) is 10.4 Å². The highest BCUT2D eigenvalue weighted by Crippen LogP contribution is 2.41. The van der Waals surface area contributed by atoms with E-state index in [-0.39, 0.29) is 11.4 Å². The van der Waals surface area contributed by atoms with Crippen LogP contribution in [0.2, 0.25) is 0 Å². The number of nitrogens with one attached hydrogen (secondary N) is 1. The molecular formula is C18H14N4O3S. The van der Waals surface area contributed by atoms with E-state index in [2.05, 4.69) is 15.5 Å². The molecule has 0 radical (unpaired) electrons. The lowest BCUT2D eigenvalue weighted by Crippen LogP contribution is -2.37. The molecule has 1 aliphatic heterocycles. The molecule has 0 saturated heterocycles. The predicted octanol–water partition coefficient (Wildman–Crippen LogP) is 1.89. The van der Waals surface area contributed by atoms with Gasteiger partial charge in [-0.3, -0.25) is 14.1 Å². The van der Waals surface area contributed by atoms with Crippen LogP contribution in [0.25, 0.3) is 10.8 Å². The minimum absolute atomic E-state index is 0.221. The summed E-state index contributed by atoms with van der Waals surface area (Å²) in [6, 6.07) is 13.9. The number of hydrazone groups is 1. The van der Waals surface area contributed by atoms with Gasteiger partial charge in [0.2, 0.25) is 0 Å². The standard InChI is InChI=1S/C18H14N4O3S/c23-17(21-20-11-13-7-9-19-10-8-13)12-22-15-5-1-3-14-4-2-6-16(18(14)15)26(22,24)25/h1-11H,12H2,(H,21,23)/b20-11-. The number of hydrogen-bond acceptors (Lipinski definition) is 5. The summed E-state index contributed by atoms with van der Waals surface area (Å²) in [4.78, 5) is 16.3. The Hall–Kier alpha value is -3.26. The van der Waals surface area contributed by atoms with Gasteiger partial charge in [0.25, 0.3) is 15.9 Å². The SMILES string of the molecule is O=C(CN1c2cccc3cccc(c23)S1(=O)=O)N/N=C\c1ccncc1. The van der Waals surface area contributed by atoms with Crippen LogP contribution >= 0.6 is 0 Å². The summed E-state index contributed by atoms with van der Waals surface area (Å²) in [5.74, 6) is -0.524. The Balaban J connectivity index is 1.56. The van der Waals surface area contributed by atoms with Crippen molar-refractivity contribution in [2.24, 2.45) is 5.10 Å². The molecule has 0 fully saturated rings. The second-order valence-corrected chi connectivity index (χ2v) is 7.55. The van der Waals surface area contributed by atoms with Crippen LogP contribution in [0.1, 0.15) is 5.56 Å². The van der Waals surface area contributed by atoms with Crippen LogP contribution in [-0.4, -0.2) is 32.1 Å². The Morgan fingerprint density at radius 2 is 1.85 bits per heavy atom. The lowest BCUT2D eigenvalue weighted by atomic mass is 10.1. The highest BCUT2D eigenvalue weighted by Gasteiger charge is 2.36. The minimum atomic E-state index is -3.76. The molecule has 7 nitrogen and oxygen atoms in total. The fraction of sp³-hybridized carbons (Fsp3) is 0.0556. The number of amides is 1. The van der Waals surface area contributed by atoms with Gasteiger partial charge in [0.15, 0.2) is 0 Å². The van der Waals surface area contributed by atoms with Crippen molar-refractivity contribution in [3.05, 3.63) is 66.5 Å². The molecule has 26 heavy (non-hydrogen) atoms. The molecule has 0 aliphatic carbocycles. The van der Waals surface area contributed by atoms with Gasteiger partial charge in [-0.1, -0.05) is 24.3 Å². The Kier molecular flexibility index (Phi) is 3.89. The maximum atomic E-state index is 12.8. The molecule has 0 saturated carbocycles. The summed E-state index contributed by atoms with van der Waals surface area (Å²) in [7, 11) is -3.76. The zero-order valence-electron chi connectivity index (χ0n) is 13.5. The smallest absolute Gasteiger partial charge is 0.265 e. The molecular weight excluding hydrogens is 352 g/mol. The van der Waals surface area contributed by atoms with Crippen LogP contribution in [0.15, 0.2) is 70.9 Å². The zero-order chi connectivity index (χ0) is 18.1. The second kappa shape index (κ2) is 6.23. The van der Waals surface area contributed by atoms with Crippen LogP contribution < -0.4 is 9.73 Å². The van der Waals surface area contributed by atoms with Crippen molar-refractivity contribution >= 4 is 38.6 Å². The number of hydrogen-bond donors (Lipinski definition) is 1. The minimum Gasteiger partial charge on any atom is -0.271 e. The molecule has 0 bridgehead atoms. The van der Waals surface area contributed by atoms with E-state index in [0.29, 0.717) is 11.1 Å². The Morgan fingerprint density at radius 1 is 1.12 bits per heavy atom.